The molecule has 23 unspecified atom stereocenters. The van der Waals surface area contributed by atoms with E-state index in [1.165, 1.54) is 82.9 Å². The second-order valence-corrected chi connectivity index (χ2v) is 16.5. The van der Waals surface area contributed by atoms with Crippen LogP contribution >= 0.6 is 0 Å². The Morgan fingerprint density at radius 2 is 1.19 bits per heavy atom. The summed E-state index contributed by atoms with van der Waals surface area (Å²) in [6.45, 7) is 0. The summed E-state index contributed by atoms with van der Waals surface area (Å²) in [5.41, 5.74) is 9.93. The molecule has 17 aliphatic carbocycles. The van der Waals surface area contributed by atoms with Gasteiger partial charge in [-0.05, 0) is 157 Å². The predicted molar refractivity (Wildman–Crippen MR) is 89.2 cm³/mol. The van der Waals surface area contributed by atoms with E-state index in [2.05, 4.69) is 0 Å². The fourth-order valence-electron chi connectivity index (χ4n) is 25.3. The molecule has 0 aromatic rings. The summed E-state index contributed by atoms with van der Waals surface area (Å²) in [5.74, 6) is 18.9. The number of hydrogen-bond donors (Lipinski definition) is 0. The van der Waals surface area contributed by atoms with Crippen LogP contribution < -0.4 is 0 Å². The van der Waals surface area contributed by atoms with Gasteiger partial charge < -0.3 is 0 Å². The van der Waals surface area contributed by atoms with E-state index in [0.29, 0.717) is 0 Å². The fraction of sp³-hybridized carbons (Fsp3) is 1.00. The van der Waals surface area contributed by atoms with E-state index in [-0.39, 0.29) is 0 Å². The number of fused-ring (bicyclic) bond motifs is 7. The van der Waals surface area contributed by atoms with E-state index >= 15 is 0 Å². The molecule has 0 nitrogen and oxygen atoms in total. The van der Waals surface area contributed by atoms with Gasteiger partial charge in [0, 0.05) is 0 Å². The van der Waals surface area contributed by atoms with Gasteiger partial charge in [0.1, 0.15) is 0 Å². The second-order valence-electron chi connectivity index (χ2n) is 16.5. The Morgan fingerprint density at radius 3 is 2.11 bits per heavy atom. The van der Waals surface area contributed by atoms with Gasteiger partial charge in [0.15, 0.2) is 0 Å². The first-order valence-electron chi connectivity index (χ1n) is 13.4. The zero-order valence-corrected chi connectivity index (χ0v) is 15.4. The highest BCUT2D eigenvalue weighted by atomic mass is 15.5. The smallest absolute Gasteiger partial charge is 0.00480 e. The summed E-state index contributed by atoms with van der Waals surface area (Å²) in [4.78, 5) is 0. The van der Waals surface area contributed by atoms with Crippen LogP contribution in [0.15, 0.2) is 0 Å². The molecule has 0 N–H and O–H groups in total. The molecule has 0 amide bonds. The Hall–Kier alpha value is 0. The van der Waals surface area contributed by atoms with Crippen LogP contribution in [0.25, 0.3) is 0 Å². The van der Waals surface area contributed by atoms with Crippen molar-refractivity contribution in [2.24, 2.45) is 132 Å². The SMILES string of the molecule is C1C2C3C4CC5C6C7C8CC9C%10C%11CC1C%111C%11C%12C2C32C45C63C%122C%112C%101C98C732. The van der Waals surface area contributed by atoms with Gasteiger partial charge in [-0.2, -0.15) is 0 Å². The number of hydrogen-bond acceptors (Lipinski definition) is 0. The summed E-state index contributed by atoms with van der Waals surface area (Å²) in [5, 5.41) is 0. The Morgan fingerprint density at radius 1 is 0.444 bits per heavy atom. The summed E-state index contributed by atoms with van der Waals surface area (Å²) in [6.07, 6.45) is 7.13. The second kappa shape index (κ2) is 1.62. The van der Waals surface area contributed by atoms with Crippen LogP contribution in [0.1, 0.15) is 25.7 Å². The average molecular weight is 346 g/mol. The lowest BCUT2D eigenvalue weighted by atomic mass is 8.58. The fourth-order valence-corrected chi connectivity index (χ4v) is 25.3. The Labute approximate surface area is 157 Å². The number of rotatable bonds is 0. The lowest BCUT2D eigenvalue weighted by molar-refractivity contribution is -0.999. The molecule has 9 spiro atoms. The summed E-state index contributed by atoms with van der Waals surface area (Å²) < 4.78 is 0. The first kappa shape index (κ1) is 9.87. The van der Waals surface area contributed by atoms with Gasteiger partial charge >= 0.3 is 0 Å². The van der Waals surface area contributed by atoms with Crippen molar-refractivity contribution < 1.29 is 0 Å². The van der Waals surface area contributed by atoms with Crippen molar-refractivity contribution in [1.29, 1.82) is 0 Å². The third-order valence-electron chi connectivity index (χ3n) is 21.1. The molecule has 17 saturated carbocycles. The van der Waals surface area contributed by atoms with E-state index in [4.69, 9.17) is 0 Å². The predicted octanol–water partition coefficient (Wildman–Crippen LogP) is 3.28. The van der Waals surface area contributed by atoms with Crippen LogP contribution in [0.5, 0.6) is 0 Å². The molecule has 0 saturated heterocycles. The van der Waals surface area contributed by atoms with Gasteiger partial charge in [0.2, 0.25) is 0 Å². The van der Waals surface area contributed by atoms with Gasteiger partial charge in [0.25, 0.3) is 0 Å². The molecule has 0 radical (unpaired) electrons. The summed E-state index contributed by atoms with van der Waals surface area (Å²) in [7, 11) is 0. The van der Waals surface area contributed by atoms with E-state index in [0.717, 1.165) is 48.7 Å². The van der Waals surface area contributed by atoms with Crippen LogP contribution in [0.4, 0.5) is 0 Å². The molecule has 130 valence electrons. The van der Waals surface area contributed by atoms with Crippen molar-refractivity contribution >= 4 is 0 Å². The monoisotopic (exact) mass is 346 g/mol. The minimum absolute atomic E-state index is 1.06. The zero-order valence-electron chi connectivity index (χ0n) is 15.4. The average Bonchev–Trinajstić information content (AvgIpc) is 2.59. The lowest BCUT2D eigenvalue weighted by Crippen LogP contribution is -3.43. The highest BCUT2D eigenvalue weighted by Crippen LogP contribution is 3.47. The molecular formula is C27H22. The minimum Gasteiger partial charge on any atom is -0.0464 e. The third kappa shape index (κ3) is 0.262. The maximum Gasteiger partial charge on any atom is -0.00480 e. The van der Waals surface area contributed by atoms with E-state index < -0.39 is 0 Å². The third-order valence-corrected chi connectivity index (χ3v) is 21.1. The van der Waals surface area contributed by atoms with Crippen molar-refractivity contribution in [3.63, 3.8) is 0 Å². The van der Waals surface area contributed by atoms with E-state index in [1.807, 2.05) is 0 Å². The van der Waals surface area contributed by atoms with Crippen LogP contribution in [0.3, 0.4) is 0 Å². The van der Waals surface area contributed by atoms with Gasteiger partial charge in [-0.15, -0.1) is 0 Å². The molecule has 0 aromatic carbocycles. The minimum atomic E-state index is 1.06. The first-order valence-corrected chi connectivity index (χ1v) is 13.4. The molecule has 0 aliphatic heterocycles. The van der Waals surface area contributed by atoms with Crippen LogP contribution in [-0.4, -0.2) is 0 Å². The van der Waals surface area contributed by atoms with Gasteiger partial charge in [-0.25, -0.2) is 0 Å². The normalized spacial score (nSPS) is 124. The van der Waals surface area contributed by atoms with E-state index in [1.54, 1.807) is 25.7 Å². The summed E-state index contributed by atoms with van der Waals surface area (Å²) in [6, 6.07) is 0. The highest BCUT2D eigenvalue weighted by molar-refractivity contribution is 5.90. The largest absolute Gasteiger partial charge is 0.0464 e. The van der Waals surface area contributed by atoms with Crippen molar-refractivity contribution in [3.05, 3.63) is 0 Å². The molecule has 0 aromatic heterocycles. The van der Waals surface area contributed by atoms with Crippen molar-refractivity contribution in [2.45, 2.75) is 25.7 Å². The highest BCUT2D eigenvalue weighted by Gasteiger charge is 3.45. The molecule has 27 heavy (non-hydrogen) atoms. The van der Waals surface area contributed by atoms with Gasteiger partial charge in [0.05, 0.1) is 0 Å². The standard InChI is InChI=1S/C27H22/c1-5-2-7-14-9-4-11-16-15-10-3-8-12-6(1)13-17-18-19(5,7)23(14)21(9,11)25(16)24(15)20(8,10)22(12,13)26(17,24)27(18,23)25/h5-18H,1-4H2. The van der Waals surface area contributed by atoms with Gasteiger partial charge in [-0.3, -0.25) is 0 Å². The maximum atomic E-state index is 1.80. The quantitative estimate of drug-likeness (QED) is 0.631. The Bertz CT molecular complexity index is 1330. The topological polar surface area (TPSA) is 0 Å². The Kier molecular flexibility index (Phi) is 0.594. The van der Waals surface area contributed by atoms with Crippen LogP contribution in [-0.2, 0) is 0 Å². The molecule has 17 aliphatic rings. The molecule has 17 rings (SSSR count). The van der Waals surface area contributed by atoms with Gasteiger partial charge in [-0.1, -0.05) is 0 Å². The summed E-state index contributed by atoms with van der Waals surface area (Å²) >= 11 is 0. The van der Waals surface area contributed by atoms with E-state index in [9.17, 15) is 0 Å². The molecule has 0 heterocycles. The maximum absolute atomic E-state index is 1.80. The zero-order chi connectivity index (χ0) is 15.4. The lowest BCUT2D eigenvalue weighted by Gasteiger charge is -3.45. The first-order chi connectivity index (χ1) is 13.4. The van der Waals surface area contributed by atoms with Crippen molar-refractivity contribution in [3.8, 4) is 0 Å². The molecule has 23 atom stereocenters. The van der Waals surface area contributed by atoms with Crippen molar-refractivity contribution in [1.82, 2.24) is 0 Å². The molecule has 0 bridgehead atoms. The molecule has 0 heteroatoms. The Balaban J connectivity index is 1.20. The van der Waals surface area contributed by atoms with Crippen LogP contribution in [0.2, 0.25) is 0 Å². The molecular weight excluding hydrogens is 324 g/mol. The van der Waals surface area contributed by atoms with Crippen molar-refractivity contribution in [2.75, 3.05) is 0 Å². The van der Waals surface area contributed by atoms with Crippen LogP contribution in [0, 0.1) is 132 Å². The molecule has 17 fully saturated rings.